The quantitative estimate of drug-likeness (QED) is 0.341. The number of nitrogens with two attached hydrogens (primary N) is 1. The maximum absolute atomic E-state index is 13.4. The smallest absolute Gasteiger partial charge is 0.267 e. The van der Waals surface area contributed by atoms with Gasteiger partial charge in [0.2, 0.25) is 5.88 Å². The molecular formula is C29H28FN5O6S. The largest absolute Gasteiger partial charge is 0.480 e. The van der Waals surface area contributed by atoms with Crippen LogP contribution in [0.3, 0.4) is 0 Å². The van der Waals surface area contributed by atoms with Crippen molar-refractivity contribution >= 4 is 38.3 Å². The van der Waals surface area contributed by atoms with E-state index in [1.807, 2.05) is 0 Å². The Labute approximate surface area is 241 Å². The Bertz CT molecular complexity index is 1770. The number of ether oxygens (including phenoxy) is 3. The Morgan fingerprint density at radius 1 is 1.05 bits per heavy atom. The molecule has 0 atom stereocenters. The van der Waals surface area contributed by atoms with Crippen LogP contribution < -0.4 is 15.2 Å². The number of amides is 1. The van der Waals surface area contributed by atoms with E-state index in [1.54, 1.807) is 29.2 Å². The number of aromatic nitrogens is 2. The third-order valence-corrected chi connectivity index (χ3v) is 8.81. The van der Waals surface area contributed by atoms with Crippen LogP contribution in [0, 0.1) is 5.82 Å². The second-order valence-electron chi connectivity index (χ2n) is 10.1. The summed E-state index contributed by atoms with van der Waals surface area (Å²) in [5.41, 5.74) is 8.36. The molecule has 42 heavy (non-hydrogen) atoms. The molecule has 0 saturated carbocycles. The molecule has 4 aromatic rings. The summed E-state index contributed by atoms with van der Waals surface area (Å²) < 4.78 is 59.0. The zero-order chi connectivity index (χ0) is 29.5. The lowest BCUT2D eigenvalue weighted by molar-refractivity contribution is -0.181. The maximum Gasteiger partial charge on any atom is 0.267 e. The highest BCUT2D eigenvalue weighted by molar-refractivity contribution is 7.92. The maximum atomic E-state index is 13.4. The number of pyridine rings is 2. The standard InChI is InChI=1S/C29H28FN5O6S/c1-39-27-25(42(37,38)34-22-5-3-21(30)4-6-22)16-20(17-32-27)18-2-7-24-19(14-18)15-23(26(31)33-24)28(36)35-10-8-29(9-11-35)40-12-13-41-29/h2-7,14-17,34H,8-13H2,1H3,(H2,31,33). The molecule has 1 amide bonds. The molecule has 0 bridgehead atoms. The Morgan fingerprint density at radius 3 is 2.45 bits per heavy atom. The van der Waals surface area contributed by atoms with Gasteiger partial charge < -0.3 is 24.8 Å². The van der Waals surface area contributed by atoms with Crippen LogP contribution in [-0.2, 0) is 19.5 Å². The summed E-state index contributed by atoms with van der Waals surface area (Å²) in [6, 6.07) is 13.4. The molecule has 0 radical (unpaired) electrons. The molecule has 2 fully saturated rings. The summed E-state index contributed by atoms with van der Waals surface area (Å²) in [5, 5.41) is 0.644. The molecule has 218 valence electrons. The third kappa shape index (κ3) is 5.33. The van der Waals surface area contributed by atoms with Crippen molar-refractivity contribution < 1.29 is 31.8 Å². The van der Waals surface area contributed by atoms with Gasteiger partial charge in [-0.2, -0.15) is 0 Å². The SMILES string of the molecule is COc1ncc(-c2ccc3nc(N)c(C(=O)N4CCC5(CC4)OCCO5)cc3c2)cc1S(=O)(=O)Nc1ccc(F)cc1. The minimum absolute atomic E-state index is 0.104. The monoisotopic (exact) mass is 593 g/mol. The third-order valence-electron chi connectivity index (χ3n) is 7.43. The number of methoxy groups -OCH3 is 1. The molecule has 0 aliphatic carbocycles. The number of carbonyl (C=O) groups excluding carboxylic acids is 1. The van der Waals surface area contributed by atoms with Crippen LogP contribution in [0.2, 0.25) is 0 Å². The second kappa shape index (κ2) is 10.8. The van der Waals surface area contributed by atoms with Gasteiger partial charge in [-0.3, -0.25) is 9.52 Å². The van der Waals surface area contributed by atoms with Crippen molar-refractivity contribution in [1.29, 1.82) is 0 Å². The highest BCUT2D eigenvalue weighted by atomic mass is 32.2. The van der Waals surface area contributed by atoms with E-state index in [0.717, 1.165) is 12.1 Å². The number of likely N-dealkylation sites (tertiary alicyclic amines) is 1. The van der Waals surface area contributed by atoms with Crippen LogP contribution in [0.15, 0.2) is 65.7 Å². The van der Waals surface area contributed by atoms with E-state index in [2.05, 4.69) is 14.7 Å². The Hall–Kier alpha value is -4.33. The zero-order valence-electron chi connectivity index (χ0n) is 22.7. The number of halogens is 1. The van der Waals surface area contributed by atoms with Crippen LogP contribution in [0.4, 0.5) is 15.9 Å². The predicted octanol–water partition coefficient (Wildman–Crippen LogP) is 3.81. The van der Waals surface area contributed by atoms with E-state index in [0.29, 0.717) is 61.2 Å². The number of piperidine rings is 1. The molecule has 0 unspecified atom stereocenters. The second-order valence-corrected chi connectivity index (χ2v) is 11.7. The van der Waals surface area contributed by atoms with Crippen molar-refractivity contribution in [1.82, 2.24) is 14.9 Å². The minimum Gasteiger partial charge on any atom is -0.480 e. The number of hydrogen-bond acceptors (Lipinski definition) is 9. The average molecular weight is 594 g/mol. The van der Waals surface area contributed by atoms with Gasteiger partial charge >= 0.3 is 0 Å². The number of rotatable bonds is 6. The van der Waals surface area contributed by atoms with E-state index >= 15 is 0 Å². The molecule has 2 aliphatic rings. The van der Waals surface area contributed by atoms with Gasteiger partial charge in [-0.15, -0.1) is 0 Å². The van der Waals surface area contributed by atoms with Crippen LogP contribution in [0.25, 0.3) is 22.0 Å². The molecular weight excluding hydrogens is 565 g/mol. The number of nitrogens with one attached hydrogen (secondary N) is 1. The molecule has 3 N–H and O–H groups in total. The molecule has 2 saturated heterocycles. The fraction of sp³-hybridized carbons (Fsp3) is 0.276. The lowest BCUT2D eigenvalue weighted by atomic mass is 10.0. The Morgan fingerprint density at radius 2 is 1.76 bits per heavy atom. The molecule has 1 spiro atoms. The minimum atomic E-state index is -4.14. The highest BCUT2D eigenvalue weighted by Gasteiger charge is 2.41. The fourth-order valence-corrected chi connectivity index (χ4v) is 6.42. The summed E-state index contributed by atoms with van der Waals surface area (Å²) in [6.07, 6.45) is 2.65. The van der Waals surface area contributed by atoms with Gasteiger partial charge in [-0.05, 0) is 54.1 Å². The van der Waals surface area contributed by atoms with Crippen molar-refractivity contribution in [2.45, 2.75) is 23.5 Å². The first-order valence-electron chi connectivity index (χ1n) is 13.3. The first-order valence-corrected chi connectivity index (χ1v) is 14.7. The van der Waals surface area contributed by atoms with Gasteiger partial charge in [0.1, 0.15) is 16.5 Å². The molecule has 13 heteroatoms. The number of anilines is 2. The van der Waals surface area contributed by atoms with E-state index < -0.39 is 21.6 Å². The van der Waals surface area contributed by atoms with Crippen molar-refractivity contribution in [3.63, 3.8) is 0 Å². The Balaban J connectivity index is 1.30. The lowest BCUT2D eigenvalue weighted by Crippen LogP contribution is -2.47. The first-order chi connectivity index (χ1) is 20.2. The van der Waals surface area contributed by atoms with E-state index in [9.17, 15) is 17.6 Å². The van der Waals surface area contributed by atoms with Gasteiger partial charge in [0.05, 0.1) is 31.4 Å². The van der Waals surface area contributed by atoms with Gasteiger partial charge in [0.15, 0.2) is 5.79 Å². The van der Waals surface area contributed by atoms with Gasteiger partial charge in [-0.1, -0.05) is 6.07 Å². The van der Waals surface area contributed by atoms with Gasteiger partial charge in [0.25, 0.3) is 15.9 Å². The number of fused-ring (bicyclic) bond motifs is 1. The number of hydrogen-bond donors (Lipinski definition) is 2. The topological polar surface area (TPSA) is 146 Å². The zero-order valence-corrected chi connectivity index (χ0v) is 23.5. The number of carbonyl (C=O) groups is 1. The van der Waals surface area contributed by atoms with Crippen LogP contribution in [0.5, 0.6) is 5.88 Å². The van der Waals surface area contributed by atoms with Crippen LogP contribution in [-0.4, -0.2) is 68.4 Å². The molecule has 2 aromatic carbocycles. The molecule has 4 heterocycles. The summed E-state index contributed by atoms with van der Waals surface area (Å²) in [4.78, 5) is 23.6. The number of nitrogen functional groups attached to an aromatic ring is 1. The summed E-state index contributed by atoms with van der Waals surface area (Å²) in [5.74, 6) is -1.30. The van der Waals surface area contributed by atoms with E-state index in [4.69, 9.17) is 19.9 Å². The van der Waals surface area contributed by atoms with Crippen LogP contribution >= 0.6 is 0 Å². The molecule has 6 rings (SSSR count). The molecule has 2 aliphatic heterocycles. The fourth-order valence-electron chi connectivity index (χ4n) is 5.21. The van der Waals surface area contributed by atoms with Gasteiger partial charge in [-0.25, -0.2) is 22.8 Å². The van der Waals surface area contributed by atoms with Crippen LogP contribution in [0.1, 0.15) is 23.2 Å². The van der Waals surface area contributed by atoms with Crippen molar-refractivity contribution in [3.05, 3.63) is 72.2 Å². The summed E-state index contributed by atoms with van der Waals surface area (Å²) in [7, 11) is -2.82. The van der Waals surface area contributed by atoms with Crippen molar-refractivity contribution in [2.24, 2.45) is 0 Å². The van der Waals surface area contributed by atoms with E-state index in [1.165, 1.54) is 31.5 Å². The predicted molar refractivity (Wildman–Crippen MR) is 153 cm³/mol. The van der Waals surface area contributed by atoms with Gasteiger partial charge in [0, 0.05) is 48.8 Å². The molecule has 2 aromatic heterocycles. The normalized spacial score (nSPS) is 16.6. The molecule has 11 nitrogen and oxygen atoms in total. The average Bonchev–Trinajstić information content (AvgIpc) is 3.45. The first kappa shape index (κ1) is 27.8. The lowest BCUT2D eigenvalue weighted by Gasteiger charge is -2.37. The van der Waals surface area contributed by atoms with Crippen molar-refractivity contribution in [3.8, 4) is 17.0 Å². The highest BCUT2D eigenvalue weighted by Crippen LogP contribution is 2.34. The summed E-state index contributed by atoms with van der Waals surface area (Å²) in [6.45, 7) is 2.05. The number of sulfonamides is 1. The van der Waals surface area contributed by atoms with Crippen molar-refractivity contribution in [2.75, 3.05) is 43.9 Å². The number of benzene rings is 2. The number of nitrogens with zero attached hydrogens (tertiary/aromatic N) is 3. The summed E-state index contributed by atoms with van der Waals surface area (Å²) >= 11 is 0. The Kier molecular flexibility index (Phi) is 7.17. The van der Waals surface area contributed by atoms with E-state index in [-0.39, 0.29) is 33.8 Å².